The molecule has 1 atom stereocenters. The minimum Gasteiger partial charge on any atom is -0.461 e. The molecule has 0 aliphatic carbocycles. The fraction of sp³-hybridized carbons (Fsp3) is 0.500. The molecule has 1 aliphatic rings. The van der Waals surface area contributed by atoms with Crippen LogP contribution in [0.4, 0.5) is 0 Å². The molecule has 0 bridgehead atoms. The summed E-state index contributed by atoms with van der Waals surface area (Å²) in [4.78, 5) is 24.9. The first-order valence-electron chi connectivity index (χ1n) is 5.47. The van der Waals surface area contributed by atoms with Gasteiger partial charge in [0.1, 0.15) is 19.3 Å². The molecule has 1 aliphatic heterocycles. The lowest BCUT2D eigenvalue weighted by atomic mass is 10.2. The van der Waals surface area contributed by atoms with Gasteiger partial charge in [-0.2, -0.15) is 0 Å². The number of carbonyl (C=O) groups is 2. The molecule has 0 aromatic carbocycles. The Morgan fingerprint density at radius 2 is 1.76 bits per heavy atom. The zero-order valence-corrected chi connectivity index (χ0v) is 9.76. The van der Waals surface area contributed by atoms with Crippen molar-refractivity contribution >= 4 is 11.9 Å². The molecule has 0 aromatic rings. The fourth-order valence-electron chi connectivity index (χ4n) is 1.34. The van der Waals surface area contributed by atoms with Crippen LogP contribution in [0.15, 0.2) is 25.3 Å². The second-order valence-electron chi connectivity index (χ2n) is 3.65. The predicted octanol–water partition coefficient (Wildman–Crippen LogP) is 0.519. The summed E-state index contributed by atoms with van der Waals surface area (Å²) in [6.07, 6.45) is 3.00. The van der Waals surface area contributed by atoms with E-state index in [2.05, 4.69) is 13.2 Å². The van der Waals surface area contributed by atoms with Crippen LogP contribution < -0.4 is 0 Å². The molecule has 5 nitrogen and oxygen atoms in total. The maximum Gasteiger partial charge on any atom is 0.324 e. The van der Waals surface area contributed by atoms with Crippen molar-refractivity contribution in [1.29, 1.82) is 0 Å². The number of rotatable bonds is 8. The Kier molecular flexibility index (Phi) is 5.42. The van der Waals surface area contributed by atoms with Crippen LogP contribution in [0, 0.1) is 0 Å². The van der Waals surface area contributed by atoms with Gasteiger partial charge in [-0.05, 0) is 0 Å². The first-order chi connectivity index (χ1) is 8.19. The number of hydrogen-bond donors (Lipinski definition) is 0. The van der Waals surface area contributed by atoms with E-state index in [-0.39, 0.29) is 19.6 Å². The van der Waals surface area contributed by atoms with Gasteiger partial charge in [-0.3, -0.25) is 14.5 Å². The van der Waals surface area contributed by atoms with Crippen LogP contribution in [-0.2, 0) is 19.1 Å². The summed E-state index contributed by atoms with van der Waals surface area (Å²) in [6, 6.07) is -0.535. The first kappa shape index (κ1) is 13.4. The minimum absolute atomic E-state index is 0.0177. The summed E-state index contributed by atoms with van der Waals surface area (Å²) in [5, 5.41) is 0. The Morgan fingerprint density at radius 1 is 1.18 bits per heavy atom. The van der Waals surface area contributed by atoms with Gasteiger partial charge in [-0.15, -0.1) is 0 Å². The standard InChI is InChI=1S/C12H17NO4/c1-3-7-16-11(14)9-10(13-5-6-13)12(15)17-8-4-2/h3-4,10H,1-2,5-9H2. The molecule has 5 heteroatoms. The van der Waals surface area contributed by atoms with E-state index in [4.69, 9.17) is 9.47 Å². The Bertz CT molecular complexity index is 310. The van der Waals surface area contributed by atoms with Crippen LogP contribution >= 0.6 is 0 Å². The van der Waals surface area contributed by atoms with Crippen molar-refractivity contribution in [2.45, 2.75) is 12.5 Å². The minimum atomic E-state index is -0.535. The molecule has 0 saturated carbocycles. The molecule has 0 radical (unpaired) electrons. The lowest BCUT2D eigenvalue weighted by molar-refractivity contribution is -0.153. The van der Waals surface area contributed by atoms with Gasteiger partial charge < -0.3 is 9.47 Å². The molecule has 94 valence electrons. The Hall–Kier alpha value is -1.62. The number of hydrogen-bond acceptors (Lipinski definition) is 5. The monoisotopic (exact) mass is 239 g/mol. The van der Waals surface area contributed by atoms with Gasteiger partial charge in [0.25, 0.3) is 0 Å². The van der Waals surface area contributed by atoms with E-state index in [0.29, 0.717) is 0 Å². The molecule has 1 rings (SSSR count). The third-order valence-corrected chi connectivity index (χ3v) is 2.26. The fourth-order valence-corrected chi connectivity index (χ4v) is 1.34. The van der Waals surface area contributed by atoms with Gasteiger partial charge in [0.05, 0.1) is 6.42 Å². The van der Waals surface area contributed by atoms with E-state index in [9.17, 15) is 9.59 Å². The van der Waals surface area contributed by atoms with E-state index >= 15 is 0 Å². The third kappa shape index (κ3) is 4.82. The summed E-state index contributed by atoms with van der Waals surface area (Å²) in [5.41, 5.74) is 0. The highest BCUT2D eigenvalue weighted by Gasteiger charge is 2.36. The predicted molar refractivity (Wildman–Crippen MR) is 62.3 cm³/mol. The molecule has 1 heterocycles. The van der Waals surface area contributed by atoms with E-state index in [0.717, 1.165) is 13.1 Å². The van der Waals surface area contributed by atoms with Gasteiger partial charge in [-0.1, -0.05) is 25.3 Å². The molecule has 1 saturated heterocycles. The molecule has 1 fully saturated rings. The van der Waals surface area contributed by atoms with Crippen molar-refractivity contribution < 1.29 is 19.1 Å². The lowest BCUT2D eigenvalue weighted by Crippen LogP contribution is -2.34. The number of esters is 2. The van der Waals surface area contributed by atoms with Gasteiger partial charge in [-0.25, -0.2) is 0 Å². The molecule has 17 heavy (non-hydrogen) atoms. The lowest BCUT2D eigenvalue weighted by Gasteiger charge is -2.15. The molecular weight excluding hydrogens is 222 g/mol. The molecule has 1 unspecified atom stereocenters. The highest BCUT2D eigenvalue weighted by molar-refractivity contribution is 5.83. The summed E-state index contributed by atoms with van der Waals surface area (Å²) in [7, 11) is 0. The number of nitrogens with zero attached hydrogens (tertiary/aromatic N) is 1. The van der Waals surface area contributed by atoms with Gasteiger partial charge in [0.15, 0.2) is 0 Å². The highest BCUT2D eigenvalue weighted by Crippen LogP contribution is 2.16. The van der Waals surface area contributed by atoms with Gasteiger partial charge in [0.2, 0.25) is 0 Å². The summed E-state index contributed by atoms with van der Waals surface area (Å²) >= 11 is 0. The second-order valence-corrected chi connectivity index (χ2v) is 3.65. The SMILES string of the molecule is C=CCOC(=O)CC(C(=O)OCC=C)N1CC1. The molecule has 0 aromatic heterocycles. The average Bonchev–Trinajstić information content (AvgIpc) is 3.14. The van der Waals surface area contributed by atoms with Crippen molar-refractivity contribution in [3.05, 3.63) is 25.3 Å². The van der Waals surface area contributed by atoms with Crippen LogP contribution in [0.1, 0.15) is 6.42 Å². The Balaban J connectivity index is 2.42. The summed E-state index contributed by atoms with van der Waals surface area (Å²) in [6.45, 7) is 8.84. The molecule has 0 N–H and O–H groups in total. The summed E-state index contributed by atoms with van der Waals surface area (Å²) < 4.78 is 9.78. The molecule has 0 spiro atoms. The van der Waals surface area contributed by atoms with Crippen LogP contribution in [-0.4, -0.2) is 49.2 Å². The zero-order chi connectivity index (χ0) is 12.7. The van der Waals surface area contributed by atoms with Crippen LogP contribution in [0.2, 0.25) is 0 Å². The number of ether oxygens (including phenoxy) is 2. The van der Waals surface area contributed by atoms with Gasteiger partial charge >= 0.3 is 11.9 Å². The largest absolute Gasteiger partial charge is 0.461 e. The van der Waals surface area contributed by atoms with Crippen molar-refractivity contribution in [1.82, 2.24) is 4.90 Å². The van der Waals surface area contributed by atoms with Crippen molar-refractivity contribution in [2.24, 2.45) is 0 Å². The average molecular weight is 239 g/mol. The Labute approximate surface area is 101 Å². The number of carbonyl (C=O) groups excluding carboxylic acids is 2. The normalized spacial score (nSPS) is 15.8. The van der Waals surface area contributed by atoms with E-state index in [1.807, 2.05) is 4.90 Å². The quantitative estimate of drug-likeness (QED) is 0.351. The van der Waals surface area contributed by atoms with Crippen LogP contribution in [0.25, 0.3) is 0 Å². The van der Waals surface area contributed by atoms with Crippen molar-refractivity contribution in [3.8, 4) is 0 Å². The maximum absolute atomic E-state index is 11.7. The second kappa shape index (κ2) is 6.85. The van der Waals surface area contributed by atoms with Crippen LogP contribution in [0.3, 0.4) is 0 Å². The van der Waals surface area contributed by atoms with E-state index in [1.54, 1.807) is 0 Å². The molecule has 0 amide bonds. The summed E-state index contributed by atoms with van der Waals surface area (Å²) in [5.74, 6) is -0.824. The van der Waals surface area contributed by atoms with Crippen molar-refractivity contribution in [2.75, 3.05) is 26.3 Å². The van der Waals surface area contributed by atoms with E-state index < -0.39 is 18.0 Å². The smallest absolute Gasteiger partial charge is 0.324 e. The van der Waals surface area contributed by atoms with Crippen LogP contribution in [0.5, 0.6) is 0 Å². The van der Waals surface area contributed by atoms with Gasteiger partial charge in [0, 0.05) is 13.1 Å². The van der Waals surface area contributed by atoms with Crippen molar-refractivity contribution in [3.63, 3.8) is 0 Å². The third-order valence-electron chi connectivity index (χ3n) is 2.26. The zero-order valence-electron chi connectivity index (χ0n) is 9.76. The first-order valence-corrected chi connectivity index (χ1v) is 5.47. The van der Waals surface area contributed by atoms with E-state index in [1.165, 1.54) is 12.2 Å². The maximum atomic E-state index is 11.7. The molecular formula is C12H17NO4. The Morgan fingerprint density at radius 3 is 2.29 bits per heavy atom. The topological polar surface area (TPSA) is 55.6 Å². The highest BCUT2D eigenvalue weighted by atomic mass is 16.5.